The van der Waals surface area contributed by atoms with Crippen LogP contribution >= 0.6 is 0 Å². The predicted octanol–water partition coefficient (Wildman–Crippen LogP) is -6.26. The minimum atomic E-state index is -2.30. The Morgan fingerprint density at radius 3 is 1.65 bits per heavy atom. The van der Waals surface area contributed by atoms with Gasteiger partial charge in [0.05, 0.1) is 0 Å². The normalized spacial score (nSPS) is 44.7. The lowest BCUT2D eigenvalue weighted by molar-refractivity contribution is -0.359. The van der Waals surface area contributed by atoms with Gasteiger partial charge in [0.2, 0.25) is 12.0 Å². The molecule has 11 N–H and O–H groups in total. The molecule has 210 valence electrons. The Morgan fingerprint density at radius 2 is 1.14 bits per heavy atom. The summed E-state index contributed by atoms with van der Waals surface area (Å²) >= 11 is 0. The summed E-state index contributed by atoms with van der Waals surface area (Å²) in [4.78, 5) is 34.5. The zero-order valence-corrected chi connectivity index (χ0v) is 18.2. The van der Waals surface area contributed by atoms with Gasteiger partial charge in [0.25, 0.3) is 0 Å². The van der Waals surface area contributed by atoms with Crippen molar-refractivity contribution >= 4 is 17.9 Å². The summed E-state index contributed by atoms with van der Waals surface area (Å²) in [6.07, 6.45) is -28.6. The SMILES string of the molecule is O=C(O)C1=C(O)[C@H](O)[C@H](O)[C@H](O[C@H]2[C@H](O)[C@H](O)[C@H](O[C@H]3[C@H](O)[C@H](O)[C@H](O)O[C@@H]3C(=O)O)O[C@@H]2C(=O)O)O1. The van der Waals surface area contributed by atoms with E-state index in [9.17, 15) is 65.4 Å². The van der Waals surface area contributed by atoms with E-state index in [0.717, 1.165) is 0 Å². The highest BCUT2D eigenvalue weighted by Crippen LogP contribution is 2.32. The monoisotopic (exact) mass is 544 g/mol. The van der Waals surface area contributed by atoms with Crippen molar-refractivity contribution in [2.75, 3.05) is 0 Å². The quantitative estimate of drug-likeness (QED) is 0.142. The molecule has 19 nitrogen and oxygen atoms in total. The van der Waals surface area contributed by atoms with Crippen molar-refractivity contribution in [3.05, 3.63) is 11.5 Å². The standard InChI is InChI=1S/C18H24O19/c19-1-2(20)10(13(26)27)36-17(6(1)24)35-9-4(22)7(25)18(37-12(9)15(30)31)34-8-3(21)5(23)16(32)33-11(8)14(28)29/h1,3-9,11-12,16-25,32H,(H,26,27)(H,28,29)(H,30,31)/t1-,3+,4+,5-,6-,7-,8-,9-,11-,12-,16+,17+,18+/m0/s1. The van der Waals surface area contributed by atoms with Crippen LogP contribution in [0.15, 0.2) is 11.5 Å². The van der Waals surface area contributed by atoms with Gasteiger partial charge in [0.15, 0.2) is 30.5 Å². The molecule has 2 fully saturated rings. The molecule has 0 bridgehead atoms. The Labute approximate surface area is 204 Å². The molecule has 2 saturated heterocycles. The van der Waals surface area contributed by atoms with Crippen LogP contribution in [0.4, 0.5) is 0 Å². The molecule has 0 aliphatic carbocycles. The Bertz CT molecular complexity index is 921. The molecule has 37 heavy (non-hydrogen) atoms. The van der Waals surface area contributed by atoms with Crippen molar-refractivity contribution in [1.82, 2.24) is 0 Å². The minimum absolute atomic E-state index is 1.27. The number of aliphatic hydroxyl groups is 8. The third-order valence-corrected chi connectivity index (χ3v) is 5.72. The average molecular weight is 544 g/mol. The van der Waals surface area contributed by atoms with E-state index in [2.05, 4.69) is 4.74 Å². The van der Waals surface area contributed by atoms with Gasteiger partial charge in [-0.2, -0.15) is 0 Å². The Kier molecular flexibility index (Phi) is 8.56. The van der Waals surface area contributed by atoms with Gasteiger partial charge < -0.3 is 79.9 Å². The first kappa shape index (κ1) is 28.9. The summed E-state index contributed by atoms with van der Waals surface area (Å²) in [5, 5.41) is 108. The first-order valence-electron chi connectivity index (χ1n) is 10.3. The molecule has 0 spiro atoms. The molecule has 0 aromatic heterocycles. The van der Waals surface area contributed by atoms with Crippen LogP contribution in [0.3, 0.4) is 0 Å². The highest BCUT2D eigenvalue weighted by Gasteiger charge is 2.55. The Hall–Kier alpha value is -2.69. The first-order valence-corrected chi connectivity index (χ1v) is 10.3. The van der Waals surface area contributed by atoms with Crippen LogP contribution in [-0.2, 0) is 38.1 Å². The van der Waals surface area contributed by atoms with Crippen LogP contribution in [0, 0.1) is 0 Å². The van der Waals surface area contributed by atoms with Gasteiger partial charge in [-0.05, 0) is 0 Å². The van der Waals surface area contributed by atoms with Crippen molar-refractivity contribution in [1.29, 1.82) is 0 Å². The Morgan fingerprint density at radius 1 is 0.649 bits per heavy atom. The molecule has 19 heteroatoms. The van der Waals surface area contributed by atoms with E-state index in [-0.39, 0.29) is 0 Å². The summed E-state index contributed by atoms with van der Waals surface area (Å²) in [7, 11) is 0. The second-order valence-corrected chi connectivity index (χ2v) is 8.15. The van der Waals surface area contributed by atoms with E-state index in [0.29, 0.717) is 0 Å². The molecule has 0 aromatic rings. The number of hydrogen-bond acceptors (Lipinski definition) is 16. The van der Waals surface area contributed by atoms with Crippen molar-refractivity contribution in [3.63, 3.8) is 0 Å². The second kappa shape index (κ2) is 11.0. The number of rotatable bonds is 7. The molecule has 0 unspecified atom stereocenters. The first-order chi connectivity index (χ1) is 17.2. The van der Waals surface area contributed by atoms with Gasteiger partial charge in [0.1, 0.15) is 48.8 Å². The molecule has 3 rings (SSSR count). The largest absolute Gasteiger partial charge is 0.506 e. The van der Waals surface area contributed by atoms with E-state index < -0.39 is 109 Å². The molecule has 0 aromatic carbocycles. The van der Waals surface area contributed by atoms with Crippen molar-refractivity contribution in [2.45, 2.75) is 79.9 Å². The van der Waals surface area contributed by atoms with Crippen LogP contribution < -0.4 is 0 Å². The van der Waals surface area contributed by atoms with Crippen molar-refractivity contribution < 1.29 is 94.2 Å². The predicted molar refractivity (Wildman–Crippen MR) is 103 cm³/mol. The summed E-state index contributed by atoms with van der Waals surface area (Å²) < 4.78 is 24.6. The summed E-state index contributed by atoms with van der Waals surface area (Å²) in [5.74, 6) is -8.15. The fraction of sp³-hybridized carbons (Fsp3) is 0.722. The van der Waals surface area contributed by atoms with Gasteiger partial charge in [0, 0.05) is 0 Å². The van der Waals surface area contributed by atoms with Crippen molar-refractivity contribution in [3.8, 4) is 0 Å². The smallest absolute Gasteiger partial charge is 0.375 e. The number of carbonyl (C=O) groups is 3. The fourth-order valence-corrected chi connectivity index (χ4v) is 3.77. The number of carboxylic acid groups (broad SMARTS) is 3. The average Bonchev–Trinajstić information content (AvgIpc) is 2.82. The molecule has 0 radical (unpaired) electrons. The highest BCUT2D eigenvalue weighted by molar-refractivity contribution is 5.85. The van der Waals surface area contributed by atoms with Gasteiger partial charge in [-0.1, -0.05) is 0 Å². The fourth-order valence-electron chi connectivity index (χ4n) is 3.77. The van der Waals surface area contributed by atoms with Gasteiger partial charge in [-0.25, -0.2) is 14.4 Å². The van der Waals surface area contributed by atoms with Crippen LogP contribution in [0.1, 0.15) is 0 Å². The molecule has 0 amide bonds. The number of aliphatic carboxylic acids is 3. The molecule has 3 aliphatic heterocycles. The minimum Gasteiger partial charge on any atom is -0.506 e. The zero-order chi connectivity index (χ0) is 27.9. The van der Waals surface area contributed by atoms with Gasteiger partial charge in [-0.3, -0.25) is 0 Å². The third-order valence-electron chi connectivity index (χ3n) is 5.72. The van der Waals surface area contributed by atoms with E-state index in [1.807, 2.05) is 0 Å². The van der Waals surface area contributed by atoms with Gasteiger partial charge in [-0.15, -0.1) is 0 Å². The second-order valence-electron chi connectivity index (χ2n) is 8.15. The molecule has 3 aliphatic rings. The van der Waals surface area contributed by atoms with Crippen LogP contribution in [0.5, 0.6) is 0 Å². The summed E-state index contributed by atoms with van der Waals surface area (Å²) in [5.41, 5.74) is 0. The van der Waals surface area contributed by atoms with E-state index in [1.54, 1.807) is 0 Å². The van der Waals surface area contributed by atoms with E-state index in [1.165, 1.54) is 0 Å². The molecular formula is C18H24O19. The molecular weight excluding hydrogens is 520 g/mol. The zero-order valence-electron chi connectivity index (χ0n) is 18.2. The number of aliphatic hydroxyl groups excluding tert-OH is 8. The summed E-state index contributed by atoms with van der Waals surface area (Å²) in [6.45, 7) is 0. The number of ether oxygens (including phenoxy) is 5. The number of carboxylic acids is 3. The maximum atomic E-state index is 11.8. The Balaban J connectivity index is 1.82. The number of hydrogen-bond donors (Lipinski definition) is 11. The maximum absolute atomic E-state index is 11.8. The molecule has 13 atom stereocenters. The van der Waals surface area contributed by atoms with Crippen molar-refractivity contribution in [2.24, 2.45) is 0 Å². The lowest BCUT2D eigenvalue weighted by Crippen LogP contribution is -2.66. The van der Waals surface area contributed by atoms with Gasteiger partial charge >= 0.3 is 17.9 Å². The molecule has 3 heterocycles. The van der Waals surface area contributed by atoms with Crippen LogP contribution in [0.2, 0.25) is 0 Å². The molecule has 0 saturated carbocycles. The lowest BCUT2D eigenvalue weighted by atomic mass is 9.96. The van der Waals surface area contributed by atoms with E-state index >= 15 is 0 Å². The highest BCUT2D eigenvalue weighted by atomic mass is 16.8. The topological polar surface area (TPSA) is 320 Å². The van der Waals surface area contributed by atoms with E-state index in [4.69, 9.17) is 24.1 Å². The third kappa shape index (κ3) is 5.46. The van der Waals surface area contributed by atoms with Crippen LogP contribution in [-0.4, -0.2) is 154 Å². The summed E-state index contributed by atoms with van der Waals surface area (Å²) in [6, 6.07) is 0. The van der Waals surface area contributed by atoms with Crippen LogP contribution in [0.25, 0.3) is 0 Å². The maximum Gasteiger partial charge on any atom is 0.375 e. The lowest BCUT2D eigenvalue weighted by Gasteiger charge is -2.45.